The van der Waals surface area contributed by atoms with Crippen LogP contribution in [0.2, 0.25) is 5.02 Å². The Labute approximate surface area is 207 Å². The summed E-state index contributed by atoms with van der Waals surface area (Å²) in [7, 11) is -3.40. The molecule has 3 atom stereocenters. The number of aliphatic hydroxyl groups excluding tert-OH is 2. The Morgan fingerprint density at radius 1 is 1.26 bits per heavy atom. The summed E-state index contributed by atoms with van der Waals surface area (Å²) in [6, 6.07) is 2.44. The largest absolute Gasteiger partial charge is 0.390 e. The molecule has 4 rings (SSSR count). The van der Waals surface area contributed by atoms with Crippen LogP contribution in [0.4, 0.5) is 10.3 Å². The van der Waals surface area contributed by atoms with E-state index in [0.29, 0.717) is 23.3 Å². The van der Waals surface area contributed by atoms with Crippen LogP contribution in [0.3, 0.4) is 0 Å². The van der Waals surface area contributed by atoms with E-state index in [4.69, 9.17) is 11.6 Å². The van der Waals surface area contributed by atoms with Gasteiger partial charge in [0, 0.05) is 24.7 Å². The molecule has 0 saturated carbocycles. The van der Waals surface area contributed by atoms with Crippen LogP contribution in [0.5, 0.6) is 0 Å². The molecule has 0 spiro atoms. The number of benzene rings is 1. The van der Waals surface area contributed by atoms with Gasteiger partial charge < -0.3 is 20.1 Å². The number of halogens is 2. The summed E-state index contributed by atoms with van der Waals surface area (Å²) in [4.78, 5) is 12.9. The van der Waals surface area contributed by atoms with Gasteiger partial charge in [-0.2, -0.15) is 4.31 Å². The van der Waals surface area contributed by atoms with Crippen molar-refractivity contribution in [2.24, 2.45) is 0 Å². The topological polar surface area (TPSA) is 133 Å². The Bertz CT molecular complexity index is 1360. The molecule has 3 heterocycles. The number of nitrogens with zero attached hydrogens (tertiary/aromatic N) is 5. The Kier molecular flexibility index (Phi) is 7.04. The molecule has 1 aromatic carbocycles. The summed E-state index contributed by atoms with van der Waals surface area (Å²) < 4.78 is 41.6. The average molecular weight is 527 g/mol. The number of piperidine rings is 1. The van der Waals surface area contributed by atoms with Gasteiger partial charge in [-0.05, 0) is 39.3 Å². The molecule has 35 heavy (non-hydrogen) atoms. The van der Waals surface area contributed by atoms with Gasteiger partial charge in [-0.3, -0.25) is 0 Å². The molecule has 1 aliphatic rings. The summed E-state index contributed by atoms with van der Waals surface area (Å²) in [6.45, 7) is 5.62. The molecule has 3 aromatic rings. The van der Waals surface area contributed by atoms with Crippen molar-refractivity contribution in [3.05, 3.63) is 35.0 Å². The van der Waals surface area contributed by atoms with E-state index in [-0.39, 0.29) is 41.3 Å². The van der Waals surface area contributed by atoms with Crippen LogP contribution < -0.4 is 5.32 Å². The van der Waals surface area contributed by atoms with Crippen molar-refractivity contribution < 1.29 is 23.0 Å². The van der Waals surface area contributed by atoms with E-state index in [9.17, 15) is 18.6 Å². The Morgan fingerprint density at radius 2 is 1.97 bits per heavy atom. The predicted octanol–water partition coefficient (Wildman–Crippen LogP) is 2.73. The zero-order valence-electron chi connectivity index (χ0n) is 19.8. The molecule has 2 aromatic heterocycles. The third-order valence-corrected chi connectivity index (χ3v) is 7.56. The van der Waals surface area contributed by atoms with Crippen molar-refractivity contribution >= 4 is 38.6 Å². The summed E-state index contributed by atoms with van der Waals surface area (Å²) in [5, 5.41) is 23.8. The van der Waals surface area contributed by atoms with Crippen LogP contribution in [0.1, 0.15) is 45.2 Å². The van der Waals surface area contributed by atoms with Crippen molar-refractivity contribution in [3.63, 3.8) is 0 Å². The Morgan fingerprint density at radius 3 is 2.57 bits per heavy atom. The van der Waals surface area contributed by atoms with Gasteiger partial charge in [0.15, 0.2) is 5.82 Å². The quantitative estimate of drug-likeness (QED) is 0.446. The summed E-state index contributed by atoms with van der Waals surface area (Å²) in [6.07, 6.45) is 0.993. The number of hydrogen-bond donors (Lipinski definition) is 3. The lowest BCUT2D eigenvalue weighted by molar-refractivity contribution is 0.0950. The molecule has 1 fully saturated rings. The monoisotopic (exact) mass is 526 g/mol. The van der Waals surface area contributed by atoms with E-state index >= 15 is 4.39 Å². The van der Waals surface area contributed by atoms with E-state index < -0.39 is 34.1 Å². The number of imidazole rings is 1. The van der Waals surface area contributed by atoms with Crippen LogP contribution in [-0.2, 0) is 10.0 Å². The predicted molar refractivity (Wildman–Crippen MR) is 131 cm³/mol. The van der Waals surface area contributed by atoms with E-state index in [1.165, 1.54) is 16.6 Å². The number of nitrogens with one attached hydrogen (secondary N) is 1. The molecule has 10 nitrogen and oxygen atoms in total. The van der Waals surface area contributed by atoms with Gasteiger partial charge in [-0.1, -0.05) is 11.6 Å². The lowest BCUT2D eigenvalue weighted by Gasteiger charge is -2.34. The minimum absolute atomic E-state index is 0.0381. The number of aromatic nitrogens is 4. The fourth-order valence-electron chi connectivity index (χ4n) is 4.32. The van der Waals surface area contributed by atoms with Crippen molar-refractivity contribution in [3.8, 4) is 11.3 Å². The molecule has 0 unspecified atom stereocenters. The fraction of sp³-hybridized carbons (Fsp3) is 0.500. The molecule has 3 N–H and O–H groups in total. The van der Waals surface area contributed by atoms with Gasteiger partial charge in [0.05, 0.1) is 40.8 Å². The standard InChI is InChI=1S/C22H28ClFN6O4S/c1-11(2)30-17-8-13(7-15(24)20(17)27-21(30)12(3)31)19-14(23)9-25-22(28-19)26-16-5-6-29(10-18(16)32)35(4,33)34/h7-9,11-12,16,18,31-32H,5-6,10H2,1-4H3,(H,25,26,28)/t12-,16-,18+/m1/s1. The van der Waals surface area contributed by atoms with Gasteiger partial charge >= 0.3 is 0 Å². The number of sulfonamides is 1. The first-order valence-electron chi connectivity index (χ1n) is 11.2. The fourth-order valence-corrected chi connectivity index (χ4v) is 5.38. The minimum Gasteiger partial charge on any atom is -0.390 e. The first-order chi connectivity index (χ1) is 16.4. The highest BCUT2D eigenvalue weighted by molar-refractivity contribution is 7.88. The van der Waals surface area contributed by atoms with Crippen LogP contribution in [-0.4, -0.2) is 73.9 Å². The number of hydrogen-bond acceptors (Lipinski definition) is 8. The van der Waals surface area contributed by atoms with Crippen molar-refractivity contribution in [2.75, 3.05) is 24.7 Å². The summed E-state index contributed by atoms with van der Waals surface area (Å²) in [5.74, 6) is -0.0491. The Hall–Kier alpha value is -2.38. The maximum atomic E-state index is 15.1. The normalized spacial score (nSPS) is 20.5. The molecule has 1 saturated heterocycles. The highest BCUT2D eigenvalue weighted by Gasteiger charge is 2.32. The number of aliphatic hydroxyl groups is 2. The number of rotatable bonds is 6. The van der Waals surface area contributed by atoms with Crippen molar-refractivity contribution in [1.29, 1.82) is 0 Å². The molecule has 1 aliphatic heterocycles. The van der Waals surface area contributed by atoms with E-state index in [2.05, 4.69) is 20.3 Å². The maximum absolute atomic E-state index is 15.1. The third kappa shape index (κ3) is 5.12. The van der Waals surface area contributed by atoms with Crippen molar-refractivity contribution in [1.82, 2.24) is 23.8 Å². The summed E-state index contributed by atoms with van der Waals surface area (Å²) >= 11 is 6.37. The van der Waals surface area contributed by atoms with Crippen LogP contribution in [0.15, 0.2) is 18.3 Å². The van der Waals surface area contributed by atoms with E-state index in [1.54, 1.807) is 17.6 Å². The van der Waals surface area contributed by atoms with Crippen LogP contribution in [0.25, 0.3) is 22.3 Å². The lowest BCUT2D eigenvalue weighted by Crippen LogP contribution is -2.51. The second-order valence-corrected chi connectivity index (χ2v) is 11.4. The first-order valence-corrected chi connectivity index (χ1v) is 13.4. The highest BCUT2D eigenvalue weighted by atomic mass is 35.5. The number of β-amino-alcohol motifs (C(OH)–C–C–N with tert-alkyl or cyclic N) is 1. The number of anilines is 1. The molecular formula is C22H28ClFN6O4S. The molecule has 0 amide bonds. The third-order valence-electron chi connectivity index (χ3n) is 6.01. The average Bonchev–Trinajstić information content (AvgIpc) is 3.16. The first kappa shape index (κ1) is 25.7. The second-order valence-electron chi connectivity index (χ2n) is 9.05. The van der Waals surface area contributed by atoms with Gasteiger partial charge in [-0.15, -0.1) is 0 Å². The SMILES string of the molecule is CC(C)n1c([C@@H](C)O)nc2c(F)cc(-c3nc(N[C@@H]4CCN(S(C)(=O)=O)C[C@@H]4O)ncc3Cl)cc21. The molecule has 0 radical (unpaired) electrons. The van der Waals surface area contributed by atoms with Crippen molar-refractivity contribution in [2.45, 2.75) is 51.5 Å². The lowest BCUT2D eigenvalue weighted by atomic mass is 10.0. The van der Waals surface area contributed by atoms with E-state index in [0.717, 1.165) is 6.26 Å². The zero-order chi connectivity index (χ0) is 25.7. The smallest absolute Gasteiger partial charge is 0.223 e. The zero-order valence-corrected chi connectivity index (χ0v) is 21.3. The minimum atomic E-state index is -3.40. The molecule has 0 aliphatic carbocycles. The summed E-state index contributed by atoms with van der Waals surface area (Å²) in [5.41, 5.74) is 1.32. The van der Waals surface area contributed by atoms with Gasteiger partial charge in [0.2, 0.25) is 16.0 Å². The second kappa shape index (κ2) is 9.58. The molecule has 190 valence electrons. The van der Waals surface area contributed by atoms with Gasteiger partial charge in [0.25, 0.3) is 0 Å². The van der Waals surface area contributed by atoms with Gasteiger partial charge in [0.1, 0.15) is 17.4 Å². The molecule has 13 heteroatoms. The molecule has 0 bridgehead atoms. The molecular weight excluding hydrogens is 499 g/mol. The maximum Gasteiger partial charge on any atom is 0.223 e. The van der Waals surface area contributed by atoms with Crippen LogP contribution >= 0.6 is 11.6 Å². The Balaban J connectivity index is 1.69. The number of fused-ring (bicyclic) bond motifs is 1. The van der Waals surface area contributed by atoms with E-state index in [1.807, 2.05) is 13.8 Å². The highest BCUT2D eigenvalue weighted by Crippen LogP contribution is 2.33. The van der Waals surface area contributed by atoms with Gasteiger partial charge in [-0.25, -0.2) is 27.8 Å². The van der Waals surface area contributed by atoms with Crippen LogP contribution in [0, 0.1) is 5.82 Å².